The molecule has 1 heterocycles. The van der Waals surface area contributed by atoms with Gasteiger partial charge in [0.1, 0.15) is 5.82 Å². The number of amides is 2. The second kappa shape index (κ2) is 8.13. The molecule has 1 atom stereocenters. The summed E-state index contributed by atoms with van der Waals surface area (Å²) in [6, 6.07) is 11.9. The number of benzene rings is 2. The smallest absolute Gasteiger partial charge is 0.232 e. The van der Waals surface area contributed by atoms with Crippen LogP contribution in [0.1, 0.15) is 49.7 Å². The minimum Gasteiger partial charge on any atom is -0.326 e. The number of anilines is 2. The van der Waals surface area contributed by atoms with Crippen molar-refractivity contribution in [3.63, 3.8) is 0 Å². The molecule has 0 saturated heterocycles. The standard InChI is InChI=1S/C21H23FN2O2/c1-2-3-4-5-14-6-9-16(10-7-14)23-21(26)18-13-20(25)24-19-12-15(22)8-11-17(18)19/h6-12,18H,2-5,13H2,1H3,(H,23,26)(H,24,25)/t18-/m0/s1. The van der Waals surface area contributed by atoms with Gasteiger partial charge < -0.3 is 10.6 Å². The van der Waals surface area contributed by atoms with E-state index in [1.54, 1.807) is 6.07 Å². The first-order chi connectivity index (χ1) is 12.6. The Morgan fingerprint density at radius 2 is 1.96 bits per heavy atom. The Hall–Kier alpha value is -2.69. The highest BCUT2D eigenvalue weighted by Gasteiger charge is 2.30. The predicted molar refractivity (Wildman–Crippen MR) is 101 cm³/mol. The van der Waals surface area contributed by atoms with E-state index in [2.05, 4.69) is 17.6 Å². The van der Waals surface area contributed by atoms with E-state index in [4.69, 9.17) is 0 Å². The summed E-state index contributed by atoms with van der Waals surface area (Å²) < 4.78 is 13.4. The van der Waals surface area contributed by atoms with Crippen molar-refractivity contribution in [2.45, 2.75) is 44.9 Å². The third-order valence-electron chi connectivity index (χ3n) is 4.66. The molecule has 0 bridgehead atoms. The van der Waals surface area contributed by atoms with E-state index in [1.807, 2.05) is 24.3 Å². The highest BCUT2D eigenvalue weighted by molar-refractivity contribution is 6.05. The van der Waals surface area contributed by atoms with Gasteiger partial charge in [-0.3, -0.25) is 9.59 Å². The maximum absolute atomic E-state index is 13.4. The molecule has 2 aromatic rings. The molecular weight excluding hydrogens is 331 g/mol. The molecule has 1 aliphatic heterocycles. The zero-order valence-corrected chi connectivity index (χ0v) is 14.8. The van der Waals surface area contributed by atoms with Crippen molar-refractivity contribution in [2.75, 3.05) is 10.6 Å². The Balaban J connectivity index is 1.69. The highest BCUT2D eigenvalue weighted by Crippen LogP contribution is 2.33. The fourth-order valence-electron chi connectivity index (χ4n) is 3.23. The number of carbonyl (C=O) groups excluding carboxylic acids is 2. The Morgan fingerprint density at radius 1 is 1.19 bits per heavy atom. The van der Waals surface area contributed by atoms with Crippen molar-refractivity contribution in [3.05, 3.63) is 59.4 Å². The fourth-order valence-corrected chi connectivity index (χ4v) is 3.23. The van der Waals surface area contributed by atoms with E-state index in [9.17, 15) is 14.0 Å². The van der Waals surface area contributed by atoms with Crippen molar-refractivity contribution >= 4 is 23.2 Å². The SMILES string of the molecule is CCCCCc1ccc(NC(=O)[C@H]2CC(=O)Nc3cc(F)ccc32)cc1. The van der Waals surface area contributed by atoms with Crippen LogP contribution in [0.3, 0.4) is 0 Å². The Morgan fingerprint density at radius 3 is 2.69 bits per heavy atom. The van der Waals surface area contributed by atoms with Crippen LogP contribution in [0.25, 0.3) is 0 Å². The number of rotatable bonds is 6. The van der Waals surface area contributed by atoms with E-state index in [0.29, 0.717) is 16.9 Å². The number of nitrogens with one attached hydrogen (secondary N) is 2. The lowest BCUT2D eigenvalue weighted by Crippen LogP contribution is -2.30. The largest absolute Gasteiger partial charge is 0.326 e. The van der Waals surface area contributed by atoms with E-state index in [0.717, 1.165) is 12.8 Å². The molecule has 136 valence electrons. The number of hydrogen-bond donors (Lipinski definition) is 2. The summed E-state index contributed by atoms with van der Waals surface area (Å²) in [5.41, 5.74) is 2.95. The molecule has 1 aliphatic rings. The second-order valence-electron chi connectivity index (χ2n) is 6.68. The molecule has 0 aromatic heterocycles. The molecule has 4 nitrogen and oxygen atoms in total. The summed E-state index contributed by atoms with van der Waals surface area (Å²) in [7, 11) is 0. The Bertz CT molecular complexity index is 802. The van der Waals surface area contributed by atoms with Gasteiger partial charge in [0.05, 0.1) is 5.92 Å². The van der Waals surface area contributed by atoms with Gasteiger partial charge in [-0.15, -0.1) is 0 Å². The van der Waals surface area contributed by atoms with Crippen molar-refractivity contribution in [2.24, 2.45) is 0 Å². The minimum atomic E-state index is -0.622. The molecule has 2 amide bonds. The number of hydrogen-bond acceptors (Lipinski definition) is 2. The van der Waals surface area contributed by atoms with Gasteiger partial charge >= 0.3 is 0 Å². The quantitative estimate of drug-likeness (QED) is 0.744. The van der Waals surface area contributed by atoms with Crippen LogP contribution >= 0.6 is 0 Å². The van der Waals surface area contributed by atoms with Gasteiger partial charge in [-0.25, -0.2) is 4.39 Å². The zero-order chi connectivity index (χ0) is 18.5. The molecule has 2 N–H and O–H groups in total. The Labute approximate surface area is 152 Å². The lowest BCUT2D eigenvalue weighted by atomic mass is 9.89. The van der Waals surface area contributed by atoms with Crippen LogP contribution in [0.2, 0.25) is 0 Å². The monoisotopic (exact) mass is 354 g/mol. The van der Waals surface area contributed by atoms with Crippen molar-refractivity contribution in [1.82, 2.24) is 0 Å². The number of aryl methyl sites for hydroxylation is 1. The maximum atomic E-state index is 13.4. The molecule has 2 aromatic carbocycles. The lowest BCUT2D eigenvalue weighted by molar-refractivity contribution is -0.123. The second-order valence-corrected chi connectivity index (χ2v) is 6.68. The van der Waals surface area contributed by atoms with Crippen molar-refractivity contribution in [1.29, 1.82) is 0 Å². The Kier molecular flexibility index (Phi) is 5.66. The van der Waals surface area contributed by atoms with E-state index < -0.39 is 11.7 Å². The first-order valence-electron chi connectivity index (χ1n) is 9.06. The van der Waals surface area contributed by atoms with Gasteiger partial charge in [-0.05, 0) is 48.2 Å². The number of halogens is 1. The first kappa shape index (κ1) is 18.1. The number of fused-ring (bicyclic) bond motifs is 1. The maximum Gasteiger partial charge on any atom is 0.232 e. The van der Waals surface area contributed by atoms with Crippen LogP contribution in [0, 0.1) is 5.82 Å². The number of unbranched alkanes of at least 4 members (excludes halogenated alkanes) is 2. The lowest BCUT2D eigenvalue weighted by Gasteiger charge is -2.25. The van der Waals surface area contributed by atoms with E-state index in [1.165, 1.54) is 30.5 Å². The summed E-state index contributed by atoms with van der Waals surface area (Å²) in [5, 5.41) is 5.49. The van der Waals surface area contributed by atoms with Gasteiger partial charge in [0, 0.05) is 17.8 Å². The minimum absolute atomic E-state index is 0.0551. The molecule has 0 unspecified atom stereocenters. The summed E-state index contributed by atoms with van der Waals surface area (Å²) in [4.78, 5) is 24.5. The number of carbonyl (C=O) groups is 2. The fraction of sp³-hybridized carbons (Fsp3) is 0.333. The van der Waals surface area contributed by atoms with E-state index in [-0.39, 0.29) is 18.2 Å². The predicted octanol–water partition coefficient (Wildman–Crippen LogP) is 4.62. The van der Waals surface area contributed by atoms with Crippen LogP contribution < -0.4 is 10.6 Å². The van der Waals surface area contributed by atoms with Crippen LogP contribution in [0.15, 0.2) is 42.5 Å². The average Bonchev–Trinajstić information content (AvgIpc) is 2.62. The van der Waals surface area contributed by atoms with Crippen molar-refractivity contribution in [3.8, 4) is 0 Å². The first-order valence-corrected chi connectivity index (χ1v) is 9.06. The molecule has 0 saturated carbocycles. The molecule has 0 aliphatic carbocycles. The molecule has 5 heteroatoms. The van der Waals surface area contributed by atoms with Gasteiger partial charge in [-0.2, -0.15) is 0 Å². The normalized spacial score (nSPS) is 15.9. The zero-order valence-electron chi connectivity index (χ0n) is 14.8. The molecule has 26 heavy (non-hydrogen) atoms. The molecule has 0 fully saturated rings. The van der Waals surface area contributed by atoms with Crippen LogP contribution in [-0.4, -0.2) is 11.8 Å². The van der Waals surface area contributed by atoms with Crippen LogP contribution in [0.4, 0.5) is 15.8 Å². The van der Waals surface area contributed by atoms with Crippen LogP contribution in [0.5, 0.6) is 0 Å². The molecule has 3 rings (SSSR count). The highest BCUT2D eigenvalue weighted by atomic mass is 19.1. The molecule has 0 radical (unpaired) electrons. The summed E-state index contributed by atoms with van der Waals surface area (Å²) >= 11 is 0. The molecular formula is C21H23FN2O2. The summed E-state index contributed by atoms with van der Waals surface area (Å²) in [6.45, 7) is 2.18. The summed E-state index contributed by atoms with van der Waals surface area (Å²) in [5.74, 6) is -1.60. The molecule has 0 spiro atoms. The topological polar surface area (TPSA) is 58.2 Å². The van der Waals surface area contributed by atoms with Gasteiger partial charge in [0.25, 0.3) is 0 Å². The third kappa shape index (κ3) is 4.28. The van der Waals surface area contributed by atoms with Gasteiger partial charge in [-0.1, -0.05) is 38.0 Å². The summed E-state index contributed by atoms with van der Waals surface area (Å²) in [6.07, 6.45) is 4.65. The van der Waals surface area contributed by atoms with Gasteiger partial charge in [0.2, 0.25) is 11.8 Å². The van der Waals surface area contributed by atoms with E-state index >= 15 is 0 Å². The van der Waals surface area contributed by atoms with Crippen molar-refractivity contribution < 1.29 is 14.0 Å². The van der Waals surface area contributed by atoms with Gasteiger partial charge in [0.15, 0.2) is 0 Å². The van der Waals surface area contributed by atoms with Crippen LogP contribution in [-0.2, 0) is 16.0 Å². The third-order valence-corrected chi connectivity index (χ3v) is 4.66. The average molecular weight is 354 g/mol.